The molecule has 0 unspecified atom stereocenters. The van der Waals surface area contributed by atoms with Crippen molar-refractivity contribution in [3.63, 3.8) is 0 Å². The molecule has 1 N–H and O–H groups in total. The molecule has 142 valence electrons. The van der Waals surface area contributed by atoms with Gasteiger partial charge in [-0.15, -0.1) is 10.2 Å². The van der Waals surface area contributed by atoms with Crippen LogP contribution in [0.15, 0.2) is 66.7 Å². The Hall–Kier alpha value is -3.44. The highest BCUT2D eigenvalue weighted by atomic mass is 35.5. The summed E-state index contributed by atoms with van der Waals surface area (Å²) in [6.45, 7) is 4.14. The van der Waals surface area contributed by atoms with Crippen LogP contribution in [0.5, 0.6) is 0 Å². The van der Waals surface area contributed by atoms with E-state index in [1.165, 1.54) is 5.56 Å². The van der Waals surface area contributed by atoms with Gasteiger partial charge in [-0.2, -0.15) is 0 Å². The van der Waals surface area contributed by atoms with Gasteiger partial charge in [0, 0.05) is 16.5 Å². The second kappa shape index (κ2) is 6.87. The number of anilines is 2. The van der Waals surface area contributed by atoms with Crippen LogP contribution in [0.4, 0.5) is 11.5 Å². The van der Waals surface area contributed by atoms with Crippen molar-refractivity contribution in [3.8, 4) is 5.69 Å². The number of halogens is 1. The second-order valence-electron chi connectivity index (χ2n) is 6.99. The Balaban J connectivity index is 1.59. The highest BCUT2D eigenvalue weighted by Gasteiger charge is 2.13. The molecule has 0 aliphatic heterocycles. The number of fused-ring (bicyclic) bond motifs is 2. The van der Waals surface area contributed by atoms with Crippen LogP contribution in [-0.4, -0.2) is 19.7 Å². The van der Waals surface area contributed by atoms with Gasteiger partial charge in [-0.05, 0) is 43.7 Å². The average molecular weight is 400 g/mol. The smallest absolute Gasteiger partial charge is 0.161 e. The predicted molar refractivity (Wildman–Crippen MR) is 118 cm³/mol. The number of nitrogens with one attached hydrogen (secondary N) is 1. The summed E-state index contributed by atoms with van der Waals surface area (Å²) in [4.78, 5) is 4.78. The number of benzene rings is 3. The van der Waals surface area contributed by atoms with Gasteiger partial charge in [-0.3, -0.25) is 4.57 Å². The molecule has 3 aromatic carbocycles. The molecule has 0 saturated heterocycles. The Bertz CT molecular complexity index is 1370. The summed E-state index contributed by atoms with van der Waals surface area (Å²) in [6.07, 6.45) is 0. The minimum absolute atomic E-state index is 0.397. The number of aromatic nitrogens is 4. The largest absolute Gasteiger partial charge is 0.338 e. The van der Waals surface area contributed by atoms with Gasteiger partial charge in [0.2, 0.25) is 0 Å². The van der Waals surface area contributed by atoms with Crippen LogP contribution in [-0.2, 0) is 0 Å². The zero-order valence-corrected chi connectivity index (χ0v) is 16.8. The molecule has 0 aliphatic rings. The molecule has 0 amide bonds. The second-order valence-corrected chi connectivity index (χ2v) is 7.35. The third-order valence-corrected chi connectivity index (χ3v) is 5.36. The summed E-state index contributed by atoms with van der Waals surface area (Å²) >= 11 is 6.19. The Morgan fingerprint density at radius 3 is 2.45 bits per heavy atom. The Morgan fingerprint density at radius 1 is 0.862 bits per heavy atom. The van der Waals surface area contributed by atoms with E-state index in [9.17, 15) is 0 Å². The van der Waals surface area contributed by atoms with E-state index in [-0.39, 0.29) is 0 Å². The fourth-order valence-corrected chi connectivity index (χ4v) is 3.90. The molecule has 0 aliphatic carbocycles. The topological polar surface area (TPSA) is 55.6 Å². The molecular weight excluding hydrogens is 382 g/mol. The number of nitrogens with zero attached hydrogens (tertiary/aromatic N) is 4. The lowest BCUT2D eigenvalue weighted by molar-refractivity contribution is 0.990. The maximum Gasteiger partial charge on any atom is 0.161 e. The number of imidazole rings is 1. The van der Waals surface area contributed by atoms with Crippen LogP contribution in [0.1, 0.15) is 11.4 Å². The fraction of sp³-hybridized carbons (Fsp3) is 0.0870. The Kier molecular flexibility index (Phi) is 4.18. The first-order valence-corrected chi connectivity index (χ1v) is 9.72. The number of hydrogen-bond acceptors (Lipinski definition) is 4. The molecule has 0 spiro atoms. The molecule has 0 radical (unpaired) electrons. The average Bonchev–Trinajstić information content (AvgIpc) is 3.05. The summed E-state index contributed by atoms with van der Waals surface area (Å²) in [5, 5.41) is 13.9. The lowest BCUT2D eigenvalue weighted by Crippen LogP contribution is -1.99. The predicted octanol–water partition coefficient (Wildman–Crippen LogP) is 5.98. The summed E-state index contributed by atoms with van der Waals surface area (Å²) in [5.74, 6) is 1.61. The van der Waals surface area contributed by atoms with Gasteiger partial charge in [0.05, 0.1) is 16.7 Å². The quantitative estimate of drug-likeness (QED) is 0.405. The van der Waals surface area contributed by atoms with Crippen LogP contribution >= 0.6 is 11.6 Å². The molecule has 5 rings (SSSR count). The highest BCUT2D eigenvalue weighted by molar-refractivity contribution is 6.34. The normalized spacial score (nSPS) is 11.3. The van der Waals surface area contributed by atoms with Crippen molar-refractivity contribution in [1.82, 2.24) is 19.7 Å². The van der Waals surface area contributed by atoms with Gasteiger partial charge in [-0.25, -0.2) is 4.98 Å². The number of hydrogen-bond donors (Lipinski definition) is 1. The molecule has 2 heterocycles. The number of rotatable bonds is 3. The Labute approximate surface area is 173 Å². The van der Waals surface area contributed by atoms with Crippen molar-refractivity contribution in [2.24, 2.45) is 0 Å². The lowest BCUT2D eigenvalue weighted by atomic mass is 10.2. The van der Waals surface area contributed by atoms with Gasteiger partial charge in [0.1, 0.15) is 5.82 Å². The Morgan fingerprint density at radius 2 is 1.62 bits per heavy atom. The maximum atomic E-state index is 6.19. The summed E-state index contributed by atoms with van der Waals surface area (Å²) < 4.78 is 2.19. The molecule has 6 heteroatoms. The van der Waals surface area contributed by atoms with E-state index in [4.69, 9.17) is 16.6 Å². The third-order valence-electron chi connectivity index (χ3n) is 5.08. The van der Waals surface area contributed by atoms with E-state index in [2.05, 4.69) is 45.2 Å². The van der Waals surface area contributed by atoms with Crippen molar-refractivity contribution in [3.05, 3.63) is 83.3 Å². The van der Waals surface area contributed by atoms with Crippen LogP contribution in [0.3, 0.4) is 0 Å². The highest BCUT2D eigenvalue weighted by Crippen LogP contribution is 2.30. The third kappa shape index (κ3) is 3.00. The van der Waals surface area contributed by atoms with Crippen molar-refractivity contribution >= 4 is 44.9 Å². The standard InChI is InChI=1S/C23H18ClN5/c1-14-7-3-6-10-20(14)29-15(2)25-19-13-16(11-12-21(19)29)26-23-18-9-5-4-8-17(18)22(24)27-28-23/h3-13H,1-2H3,(H,26,28). The van der Waals surface area contributed by atoms with E-state index in [0.717, 1.165) is 39.0 Å². The zero-order valence-electron chi connectivity index (χ0n) is 16.0. The lowest BCUT2D eigenvalue weighted by Gasteiger charge is -2.11. The van der Waals surface area contributed by atoms with E-state index in [1.54, 1.807) is 0 Å². The molecule has 29 heavy (non-hydrogen) atoms. The van der Waals surface area contributed by atoms with Gasteiger partial charge >= 0.3 is 0 Å². The van der Waals surface area contributed by atoms with Crippen LogP contribution < -0.4 is 5.32 Å². The van der Waals surface area contributed by atoms with E-state index >= 15 is 0 Å². The molecule has 0 atom stereocenters. The van der Waals surface area contributed by atoms with E-state index < -0.39 is 0 Å². The van der Waals surface area contributed by atoms with Gasteiger partial charge < -0.3 is 5.32 Å². The van der Waals surface area contributed by atoms with Crippen LogP contribution in [0.2, 0.25) is 5.15 Å². The summed E-state index contributed by atoms with van der Waals surface area (Å²) in [5.41, 5.74) is 5.23. The number of aryl methyl sites for hydroxylation is 2. The number of para-hydroxylation sites is 1. The molecule has 5 nitrogen and oxygen atoms in total. The maximum absolute atomic E-state index is 6.19. The van der Waals surface area contributed by atoms with Crippen LogP contribution in [0.25, 0.3) is 27.5 Å². The van der Waals surface area contributed by atoms with Gasteiger partial charge in [0.25, 0.3) is 0 Å². The zero-order chi connectivity index (χ0) is 20.0. The first-order chi connectivity index (χ1) is 14.1. The molecular formula is C23H18ClN5. The molecule has 0 bridgehead atoms. The monoisotopic (exact) mass is 399 g/mol. The van der Waals surface area contributed by atoms with Crippen molar-refractivity contribution in [1.29, 1.82) is 0 Å². The molecule has 2 aromatic heterocycles. The first-order valence-electron chi connectivity index (χ1n) is 9.35. The molecule has 0 fully saturated rings. The molecule has 5 aromatic rings. The van der Waals surface area contributed by atoms with Crippen LogP contribution in [0, 0.1) is 13.8 Å². The SMILES string of the molecule is Cc1ccccc1-n1c(C)nc2cc(Nc3nnc(Cl)c4ccccc34)ccc21. The van der Waals surface area contributed by atoms with E-state index in [1.807, 2.05) is 55.5 Å². The van der Waals surface area contributed by atoms with Crippen molar-refractivity contribution in [2.45, 2.75) is 13.8 Å². The summed E-state index contributed by atoms with van der Waals surface area (Å²) in [6, 6.07) is 22.3. The van der Waals surface area contributed by atoms with Gasteiger partial charge in [0.15, 0.2) is 11.0 Å². The molecule has 0 saturated carbocycles. The van der Waals surface area contributed by atoms with Crippen molar-refractivity contribution in [2.75, 3.05) is 5.32 Å². The van der Waals surface area contributed by atoms with E-state index in [0.29, 0.717) is 11.0 Å². The van der Waals surface area contributed by atoms with Crippen molar-refractivity contribution < 1.29 is 0 Å². The first kappa shape index (κ1) is 17.6. The summed E-state index contributed by atoms with van der Waals surface area (Å²) in [7, 11) is 0. The minimum Gasteiger partial charge on any atom is -0.338 e. The van der Waals surface area contributed by atoms with Gasteiger partial charge in [-0.1, -0.05) is 54.1 Å². The fourth-order valence-electron chi connectivity index (χ4n) is 3.70. The minimum atomic E-state index is 0.397.